The Morgan fingerprint density at radius 2 is 1.75 bits per heavy atom. The molecule has 2 bridgehead atoms. The van der Waals surface area contributed by atoms with Gasteiger partial charge in [0.25, 0.3) is 0 Å². The summed E-state index contributed by atoms with van der Waals surface area (Å²) < 4.78 is 0. The highest BCUT2D eigenvalue weighted by Crippen LogP contribution is 2.51. The average Bonchev–Trinajstić information content (AvgIpc) is 3.33. The molecule has 2 atom stereocenters. The maximum absolute atomic E-state index is 4.91. The first kappa shape index (κ1) is 17.2. The lowest BCUT2D eigenvalue weighted by Gasteiger charge is -2.30. The summed E-state index contributed by atoms with van der Waals surface area (Å²) in [5.74, 6) is 2.77. The third-order valence-electron chi connectivity index (χ3n) is 6.01. The minimum atomic E-state index is 0.367. The summed E-state index contributed by atoms with van der Waals surface area (Å²) in [7, 11) is 0. The zero-order valence-electron chi connectivity index (χ0n) is 16.5. The summed E-state index contributed by atoms with van der Waals surface area (Å²) in [6.45, 7) is 6.17. The Balaban J connectivity index is 1.44. The Labute approximate surface area is 166 Å². The molecule has 1 aliphatic carbocycles. The maximum atomic E-state index is 4.91. The topological polar surface area (TPSA) is 41.1 Å². The highest BCUT2D eigenvalue weighted by molar-refractivity contribution is 5.55. The van der Waals surface area contributed by atoms with E-state index in [1.807, 2.05) is 6.07 Å². The number of nitrogens with one attached hydrogen (secondary N) is 1. The van der Waals surface area contributed by atoms with Gasteiger partial charge in [0.1, 0.15) is 5.82 Å². The van der Waals surface area contributed by atoms with Gasteiger partial charge in [-0.3, -0.25) is 0 Å². The van der Waals surface area contributed by atoms with Crippen molar-refractivity contribution in [3.63, 3.8) is 0 Å². The van der Waals surface area contributed by atoms with E-state index >= 15 is 0 Å². The first-order valence-electron chi connectivity index (χ1n) is 10.2. The molecule has 28 heavy (non-hydrogen) atoms. The molecule has 2 heterocycles. The lowest BCUT2D eigenvalue weighted by molar-refractivity contribution is 0.722. The number of hydrogen-bond donors (Lipinski definition) is 1. The van der Waals surface area contributed by atoms with Crippen molar-refractivity contribution in [2.75, 3.05) is 16.8 Å². The van der Waals surface area contributed by atoms with E-state index in [4.69, 9.17) is 9.97 Å². The van der Waals surface area contributed by atoms with E-state index in [2.05, 4.69) is 78.7 Å². The number of nitrogens with zero attached hydrogens (tertiary/aromatic N) is 3. The number of anilines is 2. The van der Waals surface area contributed by atoms with Crippen LogP contribution in [-0.4, -0.2) is 16.5 Å². The van der Waals surface area contributed by atoms with E-state index in [9.17, 15) is 0 Å². The molecule has 0 saturated carbocycles. The summed E-state index contributed by atoms with van der Waals surface area (Å²) in [5.41, 5.74) is 5.33. The number of rotatable bonds is 5. The SMILES string of the molecule is CC(C)c1cc(N2C[C@H]3C[C@H]2c2ccccc23)nc(NCc2ccccc2)n1. The van der Waals surface area contributed by atoms with Crippen molar-refractivity contribution in [1.82, 2.24) is 9.97 Å². The molecule has 4 heteroatoms. The van der Waals surface area contributed by atoms with Gasteiger partial charge in [-0.1, -0.05) is 68.4 Å². The molecule has 1 N–H and O–H groups in total. The van der Waals surface area contributed by atoms with Gasteiger partial charge in [-0.25, -0.2) is 4.98 Å². The fraction of sp³-hybridized carbons (Fsp3) is 0.333. The van der Waals surface area contributed by atoms with Crippen molar-refractivity contribution in [1.29, 1.82) is 0 Å². The van der Waals surface area contributed by atoms with Crippen LogP contribution >= 0.6 is 0 Å². The van der Waals surface area contributed by atoms with Gasteiger partial charge in [0, 0.05) is 25.1 Å². The molecule has 1 fully saturated rings. The molecule has 0 radical (unpaired) electrons. The summed E-state index contributed by atoms with van der Waals surface area (Å²) in [4.78, 5) is 12.2. The molecule has 142 valence electrons. The smallest absolute Gasteiger partial charge is 0.225 e. The second-order valence-electron chi connectivity index (χ2n) is 8.20. The molecule has 1 aromatic heterocycles. The average molecular weight is 371 g/mol. The van der Waals surface area contributed by atoms with Crippen LogP contribution in [0, 0.1) is 0 Å². The van der Waals surface area contributed by atoms with Gasteiger partial charge < -0.3 is 10.2 Å². The third kappa shape index (κ3) is 3.03. The normalized spacial score (nSPS) is 19.9. The molecule has 0 amide bonds. The molecule has 0 spiro atoms. The third-order valence-corrected chi connectivity index (χ3v) is 6.01. The minimum Gasteiger partial charge on any atom is -0.350 e. The van der Waals surface area contributed by atoms with Gasteiger partial charge in [-0.2, -0.15) is 4.98 Å². The predicted molar refractivity (Wildman–Crippen MR) is 114 cm³/mol. The van der Waals surface area contributed by atoms with Crippen molar-refractivity contribution in [3.05, 3.63) is 83.0 Å². The second kappa shape index (κ2) is 6.93. The summed E-state index contributed by atoms with van der Waals surface area (Å²) in [5, 5.41) is 3.43. The highest BCUT2D eigenvalue weighted by atomic mass is 15.3. The monoisotopic (exact) mass is 370 g/mol. The van der Waals surface area contributed by atoms with Crippen LogP contribution in [0.25, 0.3) is 0 Å². The minimum absolute atomic E-state index is 0.367. The highest BCUT2D eigenvalue weighted by Gasteiger charge is 2.42. The van der Waals surface area contributed by atoms with Crippen molar-refractivity contribution >= 4 is 11.8 Å². The molecule has 2 aromatic carbocycles. The van der Waals surface area contributed by atoms with E-state index in [1.165, 1.54) is 23.1 Å². The van der Waals surface area contributed by atoms with E-state index in [-0.39, 0.29) is 0 Å². The molecule has 4 nitrogen and oxygen atoms in total. The van der Waals surface area contributed by atoms with E-state index < -0.39 is 0 Å². The standard InChI is InChI=1S/C24H26N4/c1-16(2)21-13-23(27-24(26-21)25-14-17-8-4-3-5-9-17)28-15-18-12-22(28)20-11-7-6-10-19(18)20/h3-11,13,16,18,22H,12,14-15H2,1-2H3,(H,25,26,27)/t18-,22+/m1/s1. The molecular weight excluding hydrogens is 344 g/mol. The van der Waals surface area contributed by atoms with E-state index in [0.717, 1.165) is 30.5 Å². The fourth-order valence-corrected chi connectivity index (χ4v) is 4.55. The molecule has 1 saturated heterocycles. The van der Waals surface area contributed by atoms with E-state index in [0.29, 0.717) is 17.9 Å². The second-order valence-corrected chi connectivity index (χ2v) is 8.20. The molecule has 2 aliphatic rings. The Morgan fingerprint density at radius 3 is 2.54 bits per heavy atom. The zero-order valence-corrected chi connectivity index (χ0v) is 16.5. The Hall–Kier alpha value is -2.88. The van der Waals surface area contributed by atoms with Gasteiger partial charge in [0.2, 0.25) is 5.95 Å². The van der Waals surface area contributed by atoms with Gasteiger partial charge >= 0.3 is 0 Å². The van der Waals surface area contributed by atoms with Gasteiger partial charge in [-0.15, -0.1) is 0 Å². The zero-order chi connectivity index (χ0) is 19.1. The lowest BCUT2D eigenvalue weighted by atomic mass is 9.99. The number of benzene rings is 2. The lowest BCUT2D eigenvalue weighted by Crippen LogP contribution is -2.28. The van der Waals surface area contributed by atoms with Crippen LogP contribution in [0.15, 0.2) is 60.7 Å². The van der Waals surface area contributed by atoms with E-state index in [1.54, 1.807) is 0 Å². The van der Waals surface area contributed by atoms with Crippen molar-refractivity contribution < 1.29 is 0 Å². The largest absolute Gasteiger partial charge is 0.350 e. The van der Waals surface area contributed by atoms with Crippen LogP contribution in [-0.2, 0) is 6.54 Å². The summed E-state index contributed by atoms with van der Waals surface area (Å²) in [6.07, 6.45) is 1.20. The van der Waals surface area contributed by atoms with Crippen LogP contribution in [0.4, 0.5) is 11.8 Å². The molecule has 0 unspecified atom stereocenters. The first-order valence-corrected chi connectivity index (χ1v) is 10.2. The maximum Gasteiger partial charge on any atom is 0.225 e. The molecule has 1 aliphatic heterocycles. The van der Waals surface area contributed by atoms with Crippen molar-refractivity contribution in [2.24, 2.45) is 0 Å². The predicted octanol–water partition coefficient (Wildman–Crippen LogP) is 5.26. The van der Waals surface area contributed by atoms with Crippen molar-refractivity contribution in [2.45, 2.75) is 44.7 Å². The van der Waals surface area contributed by atoms with Gasteiger partial charge in [0.15, 0.2) is 0 Å². The molecule has 3 aromatic rings. The Bertz CT molecular complexity index is 983. The van der Waals surface area contributed by atoms with Crippen LogP contribution in [0.2, 0.25) is 0 Å². The van der Waals surface area contributed by atoms with Crippen LogP contribution in [0.5, 0.6) is 0 Å². The Morgan fingerprint density at radius 1 is 1.00 bits per heavy atom. The summed E-state index contributed by atoms with van der Waals surface area (Å²) >= 11 is 0. The molecule has 5 rings (SSSR count). The quantitative estimate of drug-likeness (QED) is 0.665. The number of fused-ring (bicyclic) bond motifs is 5. The van der Waals surface area contributed by atoms with Crippen molar-refractivity contribution in [3.8, 4) is 0 Å². The van der Waals surface area contributed by atoms with Crippen LogP contribution < -0.4 is 10.2 Å². The summed E-state index contributed by atoms with van der Waals surface area (Å²) in [6, 6.07) is 21.9. The Kier molecular flexibility index (Phi) is 4.27. The van der Waals surface area contributed by atoms with Crippen LogP contribution in [0.3, 0.4) is 0 Å². The number of hydrogen-bond acceptors (Lipinski definition) is 4. The van der Waals surface area contributed by atoms with Gasteiger partial charge in [-0.05, 0) is 29.0 Å². The fourth-order valence-electron chi connectivity index (χ4n) is 4.55. The first-order chi connectivity index (χ1) is 13.7. The molecular formula is C24H26N4. The number of aromatic nitrogens is 2. The van der Waals surface area contributed by atoms with Crippen LogP contribution in [0.1, 0.15) is 60.5 Å². The van der Waals surface area contributed by atoms with Gasteiger partial charge in [0.05, 0.1) is 11.7 Å².